The molecule has 0 aliphatic carbocycles. The third-order valence-corrected chi connectivity index (χ3v) is 2.44. The molecule has 14 heavy (non-hydrogen) atoms. The van der Waals surface area contributed by atoms with Crippen molar-refractivity contribution in [1.29, 1.82) is 0 Å². The fourth-order valence-corrected chi connectivity index (χ4v) is 1.69. The number of nitrogens with zero attached hydrogens (tertiary/aromatic N) is 3. The zero-order chi connectivity index (χ0) is 10.1. The summed E-state index contributed by atoms with van der Waals surface area (Å²) in [4.78, 5) is 4.10. The molecule has 0 spiro atoms. The van der Waals surface area contributed by atoms with Gasteiger partial charge in [0.05, 0.1) is 19.7 Å². The van der Waals surface area contributed by atoms with Gasteiger partial charge in [-0.3, -0.25) is 4.98 Å². The zero-order valence-electron chi connectivity index (χ0n) is 8.73. The number of hydrogen-bond donors (Lipinski definition) is 0. The molecule has 0 N–H and O–H groups in total. The fourth-order valence-electron chi connectivity index (χ4n) is 1.69. The highest BCUT2D eigenvalue weighted by Crippen LogP contribution is 2.17. The molecule has 0 fully saturated rings. The van der Waals surface area contributed by atoms with Gasteiger partial charge in [-0.1, -0.05) is 0 Å². The van der Waals surface area contributed by atoms with Gasteiger partial charge in [0.25, 0.3) is 5.82 Å². The molecule has 2 heterocycles. The number of aromatic nitrogens is 3. The van der Waals surface area contributed by atoms with Crippen molar-refractivity contribution < 1.29 is 4.57 Å². The topological polar surface area (TPSA) is 21.7 Å². The molecule has 0 aliphatic heterocycles. The van der Waals surface area contributed by atoms with Crippen LogP contribution in [0.4, 0.5) is 0 Å². The van der Waals surface area contributed by atoms with E-state index in [1.165, 1.54) is 17.0 Å². The lowest BCUT2D eigenvalue weighted by Crippen LogP contribution is -2.29. The summed E-state index contributed by atoms with van der Waals surface area (Å²) in [5.74, 6) is 1.20. The smallest absolute Gasteiger partial charge is 0.264 e. The van der Waals surface area contributed by atoms with Crippen molar-refractivity contribution in [3.63, 3.8) is 0 Å². The summed E-state index contributed by atoms with van der Waals surface area (Å²) in [7, 11) is 4.10. The summed E-state index contributed by atoms with van der Waals surface area (Å²) in [6, 6.07) is 2.05. The Morgan fingerprint density at radius 3 is 2.79 bits per heavy atom. The van der Waals surface area contributed by atoms with Crippen LogP contribution in [-0.4, -0.2) is 9.55 Å². The first-order valence-electron chi connectivity index (χ1n) is 4.62. The van der Waals surface area contributed by atoms with Crippen molar-refractivity contribution >= 4 is 0 Å². The molecular formula is C11H14N3+. The highest BCUT2D eigenvalue weighted by Gasteiger charge is 2.15. The summed E-state index contributed by atoms with van der Waals surface area (Å²) in [6.45, 7) is 2.08. The van der Waals surface area contributed by atoms with Crippen LogP contribution >= 0.6 is 0 Å². The third-order valence-electron chi connectivity index (χ3n) is 2.44. The predicted octanol–water partition coefficient (Wildman–Crippen LogP) is 1.22. The van der Waals surface area contributed by atoms with E-state index in [1.54, 1.807) is 0 Å². The van der Waals surface area contributed by atoms with Gasteiger partial charge in [-0.15, -0.1) is 0 Å². The molecule has 0 aliphatic rings. The van der Waals surface area contributed by atoms with Gasteiger partial charge in [0, 0.05) is 12.4 Å². The second-order valence-corrected chi connectivity index (χ2v) is 3.53. The maximum Gasteiger partial charge on any atom is 0.288 e. The molecule has 3 heteroatoms. The minimum atomic E-state index is 1.20. The van der Waals surface area contributed by atoms with E-state index < -0.39 is 0 Å². The maximum atomic E-state index is 4.10. The number of rotatable bonds is 1. The van der Waals surface area contributed by atoms with Crippen LogP contribution in [0.15, 0.2) is 30.9 Å². The van der Waals surface area contributed by atoms with E-state index in [9.17, 15) is 0 Å². The summed E-state index contributed by atoms with van der Waals surface area (Å²) in [6.07, 6.45) is 7.82. The van der Waals surface area contributed by atoms with E-state index in [-0.39, 0.29) is 0 Å². The van der Waals surface area contributed by atoms with Gasteiger partial charge in [-0.2, -0.15) is 0 Å². The minimum Gasteiger partial charge on any atom is -0.264 e. The molecule has 0 bridgehead atoms. The lowest BCUT2D eigenvalue weighted by atomic mass is 10.1. The molecule has 72 valence electrons. The molecule has 0 amide bonds. The second kappa shape index (κ2) is 3.25. The van der Waals surface area contributed by atoms with Crippen molar-refractivity contribution in [1.82, 2.24) is 9.55 Å². The van der Waals surface area contributed by atoms with Gasteiger partial charge < -0.3 is 0 Å². The number of hydrogen-bond acceptors (Lipinski definition) is 1. The monoisotopic (exact) mass is 188 g/mol. The molecule has 2 aromatic rings. The maximum absolute atomic E-state index is 4.10. The first-order chi connectivity index (χ1) is 6.70. The number of pyridine rings is 1. The number of aryl methyl sites for hydroxylation is 3. The quantitative estimate of drug-likeness (QED) is 0.617. The van der Waals surface area contributed by atoms with E-state index in [1.807, 2.05) is 18.5 Å². The highest BCUT2D eigenvalue weighted by atomic mass is 15.1. The molecule has 0 atom stereocenters. The first kappa shape index (κ1) is 8.94. The lowest BCUT2D eigenvalue weighted by molar-refractivity contribution is -0.659. The van der Waals surface area contributed by atoms with Gasteiger partial charge in [0.2, 0.25) is 0 Å². The largest absolute Gasteiger partial charge is 0.288 e. The highest BCUT2D eigenvalue weighted by molar-refractivity contribution is 5.56. The van der Waals surface area contributed by atoms with Crippen LogP contribution in [0, 0.1) is 6.92 Å². The van der Waals surface area contributed by atoms with Crippen LogP contribution < -0.4 is 4.57 Å². The summed E-state index contributed by atoms with van der Waals surface area (Å²) >= 11 is 0. The molecule has 0 unspecified atom stereocenters. The first-order valence-corrected chi connectivity index (χ1v) is 4.62. The molecule has 2 aromatic heterocycles. The van der Waals surface area contributed by atoms with Crippen molar-refractivity contribution in [3.05, 3.63) is 36.4 Å². The van der Waals surface area contributed by atoms with Crippen LogP contribution in [0.3, 0.4) is 0 Å². The van der Waals surface area contributed by atoms with Gasteiger partial charge in [0.1, 0.15) is 12.4 Å². The summed E-state index contributed by atoms with van der Waals surface area (Å²) < 4.78 is 4.23. The van der Waals surface area contributed by atoms with Crippen LogP contribution in [0.5, 0.6) is 0 Å². The Morgan fingerprint density at radius 2 is 2.21 bits per heavy atom. The van der Waals surface area contributed by atoms with Gasteiger partial charge in [0.15, 0.2) is 0 Å². The van der Waals surface area contributed by atoms with Crippen molar-refractivity contribution in [2.75, 3.05) is 0 Å². The van der Waals surface area contributed by atoms with Crippen molar-refractivity contribution in [2.45, 2.75) is 6.92 Å². The van der Waals surface area contributed by atoms with Crippen LogP contribution in [0.2, 0.25) is 0 Å². The Hall–Kier alpha value is -1.64. The van der Waals surface area contributed by atoms with Crippen molar-refractivity contribution in [3.8, 4) is 11.4 Å². The molecule has 0 radical (unpaired) electrons. The zero-order valence-corrected chi connectivity index (χ0v) is 8.73. The van der Waals surface area contributed by atoms with Crippen LogP contribution in [-0.2, 0) is 14.1 Å². The van der Waals surface area contributed by atoms with Crippen molar-refractivity contribution in [2.24, 2.45) is 14.1 Å². The minimum absolute atomic E-state index is 1.20. The second-order valence-electron chi connectivity index (χ2n) is 3.53. The van der Waals surface area contributed by atoms with Crippen LogP contribution in [0.25, 0.3) is 11.4 Å². The Morgan fingerprint density at radius 1 is 1.43 bits per heavy atom. The summed E-state index contributed by atoms with van der Waals surface area (Å²) in [5, 5.41) is 0. The molecule has 3 nitrogen and oxygen atoms in total. The predicted molar refractivity (Wildman–Crippen MR) is 54.6 cm³/mol. The van der Waals surface area contributed by atoms with E-state index in [0.717, 1.165) is 0 Å². The summed E-state index contributed by atoms with van der Waals surface area (Å²) in [5.41, 5.74) is 2.43. The van der Waals surface area contributed by atoms with Gasteiger partial charge >= 0.3 is 0 Å². The average Bonchev–Trinajstić information content (AvgIpc) is 2.48. The van der Waals surface area contributed by atoms with Gasteiger partial charge in [-0.05, 0) is 18.6 Å². The Kier molecular flexibility index (Phi) is 2.08. The van der Waals surface area contributed by atoms with Crippen LogP contribution in [0.1, 0.15) is 5.56 Å². The molecule has 0 aromatic carbocycles. The van der Waals surface area contributed by atoms with Gasteiger partial charge in [-0.25, -0.2) is 9.13 Å². The molecular weight excluding hydrogens is 174 g/mol. The Labute approximate surface area is 83.7 Å². The SMILES string of the molecule is Cc1cnccc1-c1n(C)cc[n+]1C. The standard InChI is InChI=1S/C11H14N3/c1-9-8-12-5-4-10(9)11-13(2)6-7-14(11)3/h4-8H,1-3H3/q+1. The lowest BCUT2D eigenvalue weighted by Gasteiger charge is -2.01. The normalized spacial score (nSPS) is 10.5. The molecule has 0 saturated carbocycles. The molecule has 0 saturated heterocycles. The Bertz CT molecular complexity index is 438. The third kappa shape index (κ3) is 1.31. The fraction of sp³-hybridized carbons (Fsp3) is 0.273. The molecule has 2 rings (SSSR count). The Balaban J connectivity index is 2.66. The van der Waals surface area contributed by atoms with E-state index >= 15 is 0 Å². The average molecular weight is 188 g/mol. The number of imidazole rings is 1. The van der Waals surface area contributed by atoms with E-state index in [0.29, 0.717) is 0 Å². The van der Waals surface area contributed by atoms with E-state index in [2.05, 4.69) is 47.5 Å². The van der Waals surface area contributed by atoms with E-state index in [4.69, 9.17) is 0 Å².